The molecule has 0 bridgehead atoms. The number of halogens is 1. The molecular weight excluding hydrogens is 460 g/mol. The van der Waals surface area contributed by atoms with Crippen LogP contribution in [-0.4, -0.2) is 55.7 Å². The van der Waals surface area contributed by atoms with Gasteiger partial charge in [0, 0.05) is 5.02 Å². The first-order valence-electron chi connectivity index (χ1n) is 8.12. The molecule has 1 heterocycles. The van der Waals surface area contributed by atoms with Gasteiger partial charge in [-0.05, 0) is 31.5 Å². The first kappa shape index (κ1) is 23.4. The Morgan fingerprint density at radius 1 is 1.38 bits per heavy atom. The Hall–Kier alpha value is -1.89. The van der Waals surface area contributed by atoms with Gasteiger partial charge in [0.1, 0.15) is 6.04 Å². The average Bonchev–Trinajstić information content (AvgIpc) is 3.08. The van der Waals surface area contributed by atoms with Gasteiger partial charge in [0.05, 0.1) is 24.8 Å². The molecule has 0 saturated heterocycles. The summed E-state index contributed by atoms with van der Waals surface area (Å²) in [7, 11) is -2.49. The van der Waals surface area contributed by atoms with Crippen molar-refractivity contribution >= 4 is 67.4 Å². The van der Waals surface area contributed by atoms with Crippen LogP contribution < -0.4 is 9.62 Å². The molecule has 1 atom stereocenters. The number of thioether (sulfide) groups is 1. The molecule has 158 valence electrons. The van der Waals surface area contributed by atoms with Crippen molar-refractivity contribution in [2.45, 2.75) is 24.2 Å². The van der Waals surface area contributed by atoms with E-state index in [2.05, 4.69) is 20.3 Å². The van der Waals surface area contributed by atoms with Crippen LogP contribution in [0.15, 0.2) is 22.5 Å². The predicted molar refractivity (Wildman–Crippen MR) is 114 cm³/mol. The van der Waals surface area contributed by atoms with Crippen LogP contribution in [0.2, 0.25) is 5.02 Å². The number of hydrogen-bond acceptors (Lipinski definition) is 9. The molecular formula is C16H19ClN4O5S3. The zero-order chi connectivity index (χ0) is 21.8. The lowest BCUT2D eigenvalue weighted by atomic mass is 10.2. The number of nitrogens with zero attached hydrogens (tertiary/aromatic N) is 3. The van der Waals surface area contributed by atoms with Crippen molar-refractivity contribution in [2.24, 2.45) is 0 Å². The number of rotatable bonds is 8. The van der Waals surface area contributed by atoms with Crippen LogP contribution >= 0.6 is 34.7 Å². The molecule has 0 saturated carbocycles. The van der Waals surface area contributed by atoms with Crippen LogP contribution in [0.5, 0.6) is 0 Å². The van der Waals surface area contributed by atoms with Crippen molar-refractivity contribution in [2.75, 3.05) is 28.7 Å². The summed E-state index contributed by atoms with van der Waals surface area (Å²) in [6.07, 6.45) is 1.01. The van der Waals surface area contributed by atoms with E-state index in [9.17, 15) is 18.0 Å². The van der Waals surface area contributed by atoms with Gasteiger partial charge in [-0.3, -0.25) is 19.2 Å². The fourth-order valence-electron chi connectivity index (χ4n) is 2.24. The van der Waals surface area contributed by atoms with Crippen molar-refractivity contribution < 1.29 is 22.7 Å². The number of amides is 1. The quantitative estimate of drug-likeness (QED) is 0.349. The molecule has 0 aliphatic carbocycles. The van der Waals surface area contributed by atoms with Gasteiger partial charge in [-0.15, -0.1) is 10.2 Å². The monoisotopic (exact) mass is 478 g/mol. The lowest BCUT2D eigenvalue weighted by Gasteiger charge is -2.28. The highest BCUT2D eigenvalue weighted by Crippen LogP contribution is 2.28. The summed E-state index contributed by atoms with van der Waals surface area (Å²) in [5, 5.41) is 10.8. The summed E-state index contributed by atoms with van der Waals surface area (Å²) < 4.78 is 30.7. The van der Waals surface area contributed by atoms with E-state index in [0.717, 1.165) is 39.2 Å². The molecule has 0 aliphatic rings. The van der Waals surface area contributed by atoms with Crippen LogP contribution in [-0.2, 0) is 24.3 Å². The third-order valence-corrected chi connectivity index (χ3v) is 7.27. The maximum Gasteiger partial charge on any atom is 0.316 e. The molecule has 0 spiro atoms. The molecule has 1 N–H and O–H groups in total. The molecule has 0 aliphatic heterocycles. The molecule has 0 fully saturated rings. The molecule has 0 unspecified atom stereocenters. The van der Waals surface area contributed by atoms with E-state index in [1.54, 1.807) is 19.1 Å². The van der Waals surface area contributed by atoms with Gasteiger partial charge in [0.15, 0.2) is 4.34 Å². The molecule has 2 rings (SSSR count). The highest BCUT2D eigenvalue weighted by Gasteiger charge is 2.30. The lowest BCUT2D eigenvalue weighted by Crippen LogP contribution is -2.45. The SMILES string of the molecule is COC(=O)CSc1nnc(NC(=O)[C@H](C)N(c2ccc(C)c(Cl)c2)S(C)(=O)=O)s1. The fraction of sp³-hybridized carbons (Fsp3) is 0.375. The number of methoxy groups -OCH3 is 1. The van der Waals surface area contributed by atoms with E-state index in [1.165, 1.54) is 20.1 Å². The number of nitrogens with one attached hydrogen (secondary N) is 1. The minimum absolute atomic E-state index is 0.0610. The van der Waals surface area contributed by atoms with Crippen molar-refractivity contribution in [1.29, 1.82) is 0 Å². The van der Waals surface area contributed by atoms with Gasteiger partial charge in [0.25, 0.3) is 0 Å². The van der Waals surface area contributed by atoms with Gasteiger partial charge in [-0.2, -0.15) is 0 Å². The average molecular weight is 479 g/mol. The van der Waals surface area contributed by atoms with Crippen LogP contribution in [0.3, 0.4) is 0 Å². The number of carbonyl (C=O) groups excluding carboxylic acids is 2. The van der Waals surface area contributed by atoms with Crippen molar-refractivity contribution in [1.82, 2.24) is 10.2 Å². The van der Waals surface area contributed by atoms with Crippen molar-refractivity contribution in [3.8, 4) is 0 Å². The maximum atomic E-state index is 12.7. The number of hydrogen-bond donors (Lipinski definition) is 1. The third kappa shape index (κ3) is 6.29. The predicted octanol–water partition coefficient (Wildman–Crippen LogP) is 2.56. The number of sulfonamides is 1. The van der Waals surface area contributed by atoms with E-state index in [4.69, 9.17) is 11.6 Å². The lowest BCUT2D eigenvalue weighted by molar-refractivity contribution is -0.137. The van der Waals surface area contributed by atoms with Gasteiger partial charge in [-0.1, -0.05) is 40.8 Å². The fourth-order valence-corrected chi connectivity index (χ4v) is 5.16. The Morgan fingerprint density at radius 2 is 2.07 bits per heavy atom. The molecule has 0 radical (unpaired) electrons. The third-order valence-electron chi connectivity index (χ3n) is 3.68. The van der Waals surface area contributed by atoms with Crippen LogP contribution in [0, 0.1) is 6.92 Å². The van der Waals surface area contributed by atoms with Gasteiger partial charge < -0.3 is 4.74 Å². The van der Waals surface area contributed by atoms with Crippen LogP contribution in [0.25, 0.3) is 0 Å². The Morgan fingerprint density at radius 3 is 2.66 bits per heavy atom. The number of aryl methyl sites for hydroxylation is 1. The molecule has 13 heteroatoms. The first-order valence-corrected chi connectivity index (χ1v) is 12.1. The molecule has 9 nitrogen and oxygen atoms in total. The maximum absolute atomic E-state index is 12.7. The summed E-state index contributed by atoms with van der Waals surface area (Å²) >= 11 is 8.29. The summed E-state index contributed by atoms with van der Waals surface area (Å²) in [5.74, 6) is -0.941. The zero-order valence-corrected chi connectivity index (χ0v) is 19.2. The second-order valence-corrected chi connectivity index (χ2v) is 10.4. The molecule has 1 aromatic carbocycles. The summed E-state index contributed by atoms with van der Waals surface area (Å²) in [4.78, 5) is 23.8. The van der Waals surface area contributed by atoms with E-state index in [0.29, 0.717) is 9.36 Å². The second kappa shape index (κ2) is 9.74. The normalized spacial score (nSPS) is 12.3. The minimum Gasteiger partial charge on any atom is -0.468 e. The Labute approximate surface area is 181 Å². The Kier molecular flexibility index (Phi) is 7.86. The van der Waals surface area contributed by atoms with E-state index < -0.39 is 27.9 Å². The molecule has 1 aromatic heterocycles. The second-order valence-electron chi connectivity index (χ2n) is 5.90. The van der Waals surface area contributed by atoms with Crippen LogP contribution in [0.1, 0.15) is 12.5 Å². The van der Waals surface area contributed by atoms with E-state index >= 15 is 0 Å². The zero-order valence-electron chi connectivity index (χ0n) is 16.0. The summed E-state index contributed by atoms with van der Waals surface area (Å²) in [6, 6.07) is 3.68. The van der Waals surface area contributed by atoms with Crippen molar-refractivity contribution in [3.05, 3.63) is 28.8 Å². The smallest absolute Gasteiger partial charge is 0.316 e. The molecule has 1 amide bonds. The summed E-state index contributed by atoms with van der Waals surface area (Å²) in [5.41, 5.74) is 1.06. The topological polar surface area (TPSA) is 119 Å². The Bertz CT molecular complexity index is 1010. The highest BCUT2D eigenvalue weighted by molar-refractivity contribution is 8.01. The Balaban J connectivity index is 2.16. The highest BCUT2D eigenvalue weighted by atomic mass is 35.5. The first-order chi connectivity index (χ1) is 13.5. The minimum atomic E-state index is -3.77. The van der Waals surface area contributed by atoms with Gasteiger partial charge in [-0.25, -0.2) is 8.42 Å². The number of anilines is 2. The number of aromatic nitrogens is 2. The number of benzene rings is 1. The van der Waals surface area contributed by atoms with Crippen molar-refractivity contribution in [3.63, 3.8) is 0 Å². The standard InChI is InChI=1S/C16H19ClN4O5S3/c1-9-5-6-11(7-12(9)17)21(29(4,24)25)10(2)14(23)18-15-19-20-16(28-15)27-8-13(22)26-3/h5-7,10H,8H2,1-4H3,(H,18,19,23)/t10-/m0/s1. The van der Waals surface area contributed by atoms with Gasteiger partial charge in [0.2, 0.25) is 21.1 Å². The summed E-state index contributed by atoms with van der Waals surface area (Å²) in [6.45, 7) is 3.25. The van der Waals surface area contributed by atoms with E-state index in [1.807, 2.05) is 0 Å². The number of ether oxygens (including phenoxy) is 1. The van der Waals surface area contributed by atoms with Gasteiger partial charge >= 0.3 is 5.97 Å². The number of carbonyl (C=O) groups is 2. The van der Waals surface area contributed by atoms with Crippen LogP contribution in [0.4, 0.5) is 10.8 Å². The van der Waals surface area contributed by atoms with E-state index in [-0.39, 0.29) is 16.6 Å². The largest absolute Gasteiger partial charge is 0.468 e. The molecule has 2 aromatic rings. The molecule has 29 heavy (non-hydrogen) atoms. The number of esters is 1.